The Morgan fingerprint density at radius 3 is 2.89 bits per heavy atom. The van der Waals surface area contributed by atoms with Crippen LogP contribution in [0.1, 0.15) is 45.9 Å². The van der Waals surface area contributed by atoms with E-state index in [1.807, 2.05) is 4.68 Å². The highest BCUT2D eigenvalue weighted by Crippen LogP contribution is 2.31. The van der Waals surface area contributed by atoms with Crippen molar-refractivity contribution in [1.82, 2.24) is 14.8 Å². The quantitative estimate of drug-likeness (QED) is 0.805. The van der Waals surface area contributed by atoms with Crippen LogP contribution in [0.25, 0.3) is 0 Å². The lowest BCUT2D eigenvalue weighted by Crippen LogP contribution is -2.18. The lowest BCUT2D eigenvalue weighted by Gasteiger charge is -2.10. The number of Topliss-reactive ketones (excluding diaryl/α,β-unsaturated/α-hetero) is 1. The van der Waals surface area contributed by atoms with Crippen molar-refractivity contribution in [3.8, 4) is 0 Å². The van der Waals surface area contributed by atoms with E-state index < -0.39 is 0 Å². The summed E-state index contributed by atoms with van der Waals surface area (Å²) in [4.78, 5) is 16.4. The Bertz CT molecular complexity index is 411. The summed E-state index contributed by atoms with van der Waals surface area (Å²) in [7, 11) is 0. The molecule has 0 aromatic carbocycles. The summed E-state index contributed by atoms with van der Waals surface area (Å²) in [5.74, 6) is 2.65. The van der Waals surface area contributed by atoms with Crippen molar-refractivity contribution in [2.75, 3.05) is 0 Å². The molecular formula is C14H23N3O. The molecular weight excluding hydrogens is 226 g/mol. The molecule has 100 valence electrons. The Morgan fingerprint density at radius 1 is 1.50 bits per heavy atom. The summed E-state index contributed by atoms with van der Waals surface area (Å²) in [6.07, 6.45) is 5.30. The zero-order chi connectivity index (χ0) is 13.1. The van der Waals surface area contributed by atoms with E-state index in [2.05, 4.69) is 30.9 Å². The number of ketones is 1. The number of nitrogens with zero attached hydrogens (tertiary/aromatic N) is 3. The van der Waals surface area contributed by atoms with Gasteiger partial charge in [0.05, 0.1) is 6.42 Å². The molecule has 1 heterocycles. The summed E-state index contributed by atoms with van der Waals surface area (Å²) in [5, 5.41) is 4.20. The maximum Gasteiger partial charge on any atom is 0.143 e. The lowest BCUT2D eigenvalue weighted by atomic mass is 9.98. The molecule has 1 fully saturated rings. The van der Waals surface area contributed by atoms with Crippen LogP contribution in [0.3, 0.4) is 0 Å². The van der Waals surface area contributed by atoms with Crippen LogP contribution in [-0.2, 0) is 17.8 Å². The second-order valence-corrected chi connectivity index (χ2v) is 6.01. The van der Waals surface area contributed by atoms with Crippen LogP contribution in [0.5, 0.6) is 0 Å². The number of carbonyl (C=O) groups is 1. The molecule has 2 atom stereocenters. The fourth-order valence-corrected chi connectivity index (χ4v) is 2.72. The van der Waals surface area contributed by atoms with E-state index in [1.54, 1.807) is 6.33 Å². The maximum atomic E-state index is 12.2. The molecule has 0 spiro atoms. The number of rotatable bonds is 5. The molecule has 4 heteroatoms. The van der Waals surface area contributed by atoms with E-state index in [0.717, 1.165) is 25.2 Å². The Kier molecular flexibility index (Phi) is 4.15. The van der Waals surface area contributed by atoms with Crippen LogP contribution in [0.2, 0.25) is 0 Å². The Hall–Kier alpha value is -1.19. The molecule has 18 heavy (non-hydrogen) atoms. The number of hydrogen-bond acceptors (Lipinski definition) is 3. The van der Waals surface area contributed by atoms with Gasteiger partial charge in [0, 0.05) is 12.5 Å². The first kappa shape index (κ1) is 13.2. The molecule has 0 amide bonds. The standard InChI is InChI=1S/C14H23N3O/c1-10(2)8-17-14(15-9-16-17)7-13(18)12-5-4-11(3)6-12/h9-12H,4-8H2,1-3H3. The van der Waals surface area contributed by atoms with Crippen molar-refractivity contribution in [3.05, 3.63) is 12.2 Å². The normalized spacial score (nSPS) is 23.8. The Labute approximate surface area is 109 Å². The second kappa shape index (κ2) is 5.63. The third kappa shape index (κ3) is 3.18. The average Bonchev–Trinajstić information content (AvgIpc) is 2.88. The zero-order valence-electron chi connectivity index (χ0n) is 11.6. The van der Waals surface area contributed by atoms with Crippen LogP contribution in [0, 0.1) is 17.8 Å². The van der Waals surface area contributed by atoms with Gasteiger partial charge in [0.25, 0.3) is 0 Å². The van der Waals surface area contributed by atoms with Crippen LogP contribution in [0.15, 0.2) is 6.33 Å². The Balaban J connectivity index is 1.96. The molecule has 0 radical (unpaired) electrons. The lowest BCUT2D eigenvalue weighted by molar-refractivity contribution is -0.122. The second-order valence-electron chi connectivity index (χ2n) is 6.01. The third-order valence-electron chi connectivity index (χ3n) is 3.72. The topological polar surface area (TPSA) is 47.8 Å². The largest absolute Gasteiger partial charge is 0.299 e. The van der Waals surface area contributed by atoms with E-state index in [4.69, 9.17) is 0 Å². The van der Waals surface area contributed by atoms with Gasteiger partial charge in [-0.2, -0.15) is 5.10 Å². The smallest absolute Gasteiger partial charge is 0.143 e. The van der Waals surface area contributed by atoms with Crippen LogP contribution >= 0.6 is 0 Å². The highest BCUT2D eigenvalue weighted by Gasteiger charge is 2.28. The minimum atomic E-state index is 0.254. The number of aromatic nitrogens is 3. The molecule has 1 aliphatic carbocycles. The van der Waals surface area contributed by atoms with Crippen molar-refractivity contribution in [2.45, 2.75) is 53.0 Å². The van der Waals surface area contributed by atoms with E-state index in [0.29, 0.717) is 24.0 Å². The number of hydrogen-bond donors (Lipinski definition) is 0. The molecule has 1 aliphatic rings. The molecule has 1 saturated carbocycles. The van der Waals surface area contributed by atoms with Gasteiger partial charge in [0.15, 0.2) is 0 Å². The van der Waals surface area contributed by atoms with E-state index in [-0.39, 0.29) is 5.92 Å². The summed E-state index contributed by atoms with van der Waals surface area (Å²) in [6.45, 7) is 7.36. The highest BCUT2D eigenvalue weighted by molar-refractivity contribution is 5.82. The highest BCUT2D eigenvalue weighted by atomic mass is 16.1. The molecule has 4 nitrogen and oxygen atoms in total. The maximum absolute atomic E-state index is 12.2. The van der Waals surface area contributed by atoms with Crippen molar-refractivity contribution in [1.29, 1.82) is 0 Å². The van der Waals surface area contributed by atoms with Gasteiger partial charge in [-0.25, -0.2) is 9.67 Å². The predicted octanol–water partition coefficient (Wildman–Crippen LogP) is 2.48. The summed E-state index contributed by atoms with van der Waals surface area (Å²) in [5.41, 5.74) is 0. The van der Waals surface area contributed by atoms with Gasteiger partial charge in [-0.05, 0) is 31.1 Å². The van der Waals surface area contributed by atoms with Crippen LogP contribution in [-0.4, -0.2) is 20.5 Å². The van der Waals surface area contributed by atoms with Crippen molar-refractivity contribution in [3.63, 3.8) is 0 Å². The summed E-state index contributed by atoms with van der Waals surface area (Å²) < 4.78 is 1.88. The molecule has 0 aliphatic heterocycles. The predicted molar refractivity (Wildman–Crippen MR) is 70.1 cm³/mol. The third-order valence-corrected chi connectivity index (χ3v) is 3.72. The van der Waals surface area contributed by atoms with Gasteiger partial charge in [-0.1, -0.05) is 20.8 Å². The molecule has 1 aromatic rings. The minimum absolute atomic E-state index is 0.254. The summed E-state index contributed by atoms with van der Waals surface area (Å²) >= 11 is 0. The SMILES string of the molecule is CC(C)Cn1ncnc1CC(=O)C1CCC(C)C1. The van der Waals surface area contributed by atoms with E-state index >= 15 is 0 Å². The van der Waals surface area contributed by atoms with Crippen molar-refractivity contribution >= 4 is 5.78 Å². The van der Waals surface area contributed by atoms with Gasteiger partial charge >= 0.3 is 0 Å². The first-order valence-corrected chi connectivity index (χ1v) is 6.95. The Morgan fingerprint density at radius 2 is 2.28 bits per heavy atom. The molecule has 2 rings (SSSR count). The van der Waals surface area contributed by atoms with Gasteiger partial charge in [0.2, 0.25) is 0 Å². The number of carbonyl (C=O) groups excluding carboxylic acids is 1. The van der Waals surface area contributed by atoms with Gasteiger partial charge in [-0.3, -0.25) is 4.79 Å². The van der Waals surface area contributed by atoms with Crippen LogP contribution < -0.4 is 0 Å². The van der Waals surface area contributed by atoms with E-state index in [9.17, 15) is 4.79 Å². The summed E-state index contributed by atoms with van der Waals surface area (Å²) in [6, 6.07) is 0. The van der Waals surface area contributed by atoms with Gasteiger partial charge in [-0.15, -0.1) is 0 Å². The van der Waals surface area contributed by atoms with Gasteiger partial charge < -0.3 is 0 Å². The fourth-order valence-electron chi connectivity index (χ4n) is 2.72. The fraction of sp³-hybridized carbons (Fsp3) is 0.786. The monoisotopic (exact) mass is 249 g/mol. The first-order chi connectivity index (χ1) is 8.56. The molecule has 0 bridgehead atoms. The van der Waals surface area contributed by atoms with E-state index in [1.165, 1.54) is 6.42 Å². The van der Waals surface area contributed by atoms with Crippen molar-refractivity contribution in [2.24, 2.45) is 17.8 Å². The minimum Gasteiger partial charge on any atom is -0.299 e. The first-order valence-electron chi connectivity index (χ1n) is 6.95. The average molecular weight is 249 g/mol. The molecule has 2 unspecified atom stereocenters. The van der Waals surface area contributed by atoms with Crippen molar-refractivity contribution < 1.29 is 4.79 Å². The molecule has 0 N–H and O–H groups in total. The van der Waals surface area contributed by atoms with Gasteiger partial charge in [0.1, 0.15) is 17.9 Å². The zero-order valence-corrected chi connectivity index (χ0v) is 11.6. The molecule has 0 saturated heterocycles. The molecule has 1 aromatic heterocycles. The van der Waals surface area contributed by atoms with Crippen LogP contribution in [0.4, 0.5) is 0 Å².